The maximum Gasteiger partial charge on any atom is 0.411 e. The normalized spacial score (nSPS) is 10.4. The maximum atomic E-state index is 12.6. The van der Waals surface area contributed by atoms with Crippen LogP contribution in [-0.4, -0.2) is 68.8 Å². The van der Waals surface area contributed by atoms with Gasteiger partial charge in [-0.15, -0.1) is 0 Å². The molecule has 3 N–H and O–H groups in total. The van der Waals surface area contributed by atoms with E-state index in [0.717, 1.165) is 64.8 Å². The summed E-state index contributed by atoms with van der Waals surface area (Å²) in [5, 5.41) is 8.33. The Balaban J connectivity index is 1.04. The number of nitrogens with one attached hydrogen (secondary N) is 3. The highest BCUT2D eigenvalue weighted by molar-refractivity contribution is 5.89. The summed E-state index contributed by atoms with van der Waals surface area (Å²) >= 11 is 0. The lowest BCUT2D eigenvalue weighted by Crippen LogP contribution is -2.29. The first-order valence-electron chi connectivity index (χ1n) is 19.7. The van der Waals surface area contributed by atoms with E-state index in [1.807, 2.05) is 84.9 Å². The number of esters is 3. The molecule has 0 radical (unpaired) electrons. The molecule has 0 unspecified atom stereocenters. The van der Waals surface area contributed by atoms with Gasteiger partial charge in [-0.3, -0.25) is 14.9 Å². The predicted octanol–water partition coefficient (Wildman–Crippen LogP) is 7.45. The number of unbranched alkanes of at least 4 members (excludes halogenated alkanes) is 2. The molecule has 314 valence electrons. The Kier molecular flexibility index (Phi) is 19.3. The Morgan fingerprint density at radius 2 is 0.917 bits per heavy atom. The first-order chi connectivity index (χ1) is 29.1. The quantitative estimate of drug-likeness (QED) is 0.0279. The number of rotatable bonds is 24. The molecule has 0 heterocycles. The van der Waals surface area contributed by atoms with Crippen LogP contribution in [0.25, 0.3) is 0 Å². The number of carbonyl (C=O) groups excluding carboxylic acids is 6. The third-order valence-electron chi connectivity index (χ3n) is 8.93. The minimum Gasteiger partial charge on any atom is -0.462 e. The third-order valence-corrected chi connectivity index (χ3v) is 8.93. The lowest BCUT2D eigenvalue weighted by atomic mass is 9.99. The van der Waals surface area contributed by atoms with Gasteiger partial charge in [0, 0.05) is 42.9 Å². The van der Waals surface area contributed by atoms with Crippen LogP contribution in [0.2, 0.25) is 0 Å². The standard InChI is InChI=1S/C47H51N3O10/c1-3-43(52)57-26-27-59-45(54)33-39-15-11-35(12-16-39)30-34-9-13-38(14-10-34)32-42(51)8-6-5-7-25-48-46(55)49-40-21-17-36(18-22-40)31-37-19-23-41(24-20-37)50-47(56)60-29-28-58-44(53)4-2/h3-4,9-24H,1-2,5-8,25-33H2,(H,50,56)(H2,48,49,55). The Labute approximate surface area is 350 Å². The van der Waals surface area contributed by atoms with Crippen molar-refractivity contribution in [3.63, 3.8) is 0 Å². The van der Waals surface area contributed by atoms with Gasteiger partial charge >= 0.3 is 30.0 Å². The summed E-state index contributed by atoms with van der Waals surface area (Å²) in [6, 6.07) is 30.3. The van der Waals surface area contributed by atoms with Gasteiger partial charge in [0.2, 0.25) is 0 Å². The molecule has 0 aliphatic carbocycles. The number of benzene rings is 4. The van der Waals surface area contributed by atoms with Gasteiger partial charge in [-0.05, 0) is 83.3 Å². The van der Waals surface area contributed by atoms with Gasteiger partial charge in [-0.2, -0.15) is 0 Å². The average Bonchev–Trinajstić information content (AvgIpc) is 3.25. The number of hydrogen-bond acceptors (Lipinski definition) is 10. The molecule has 0 spiro atoms. The Hall–Kier alpha value is -7.02. The molecule has 13 heteroatoms. The van der Waals surface area contributed by atoms with Crippen molar-refractivity contribution in [2.45, 2.75) is 51.4 Å². The van der Waals surface area contributed by atoms with Crippen molar-refractivity contribution in [3.05, 3.63) is 156 Å². The molecular formula is C47H51N3O10. The van der Waals surface area contributed by atoms with Crippen LogP contribution in [0.1, 0.15) is 59.1 Å². The molecule has 4 aromatic rings. The summed E-state index contributed by atoms with van der Waals surface area (Å²) in [6.45, 7) is 6.94. The topological polar surface area (TPSA) is 175 Å². The summed E-state index contributed by atoms with van der Waals surface area (Å²) in [7, 11) is 0. The van der Waals surface area contributed by atoms with Crippen LogP contribution in [0.4, 0.5) is 21.0 Å². The van der Waals surface area contributed by atoms with Crippen molar-refractivity contribution in [2.24, 2.45) is 0 Å². The highest BCUT2D eigenvalue weighted by Gasteiger charge is 2.09. The molecule has 0 saturated carbocycles. The van der Waals surface area contributed by atoms with Crippen LogP contribution in [-0.2, 0) is 63.8 Å². The number of ketones is 1. The Morgan fingerprint density at radius 1 is 0.483 bits per heavy atom. The van der Waals surface area contributed by atoms with Crippen LogP contribution in [0.3, 0.4) is 0 Å². The molecule has 13 nitrogen and oxygen atoms in total. The van der Waals surface area contributed by atoms with E-state index in [9.17, 15) is 28.8 Å². The van der Waals surface area contributed by atoms with E-state index in [-0.39, 0.29) is 44.7 Å². The van der Waals surface area contributed by atoms with Gasteiger partial charge in [-0.1, -0.05) is 92.4 Å². The lowest BCUT2D eigenvalue weighted by Gasteiger charge is -2.10. The van der Waals surface area contributed by atoms with Crippen LogP contribution in [0.5, 0.6) is 0 Å². The molecule has 4 aromatic carbocycles. The number of urea groups is 1. The number of hydrogen-bond donors (Lipinski definition) is 3. The zero-order valence-corrected chi connectivity index (χ0v) is 33.6. The van der Waals surface area contributed by atoms with Gasteiger partial charge in [0.1, 0.15) is 32.2 Å². The zero-order valence-electron chi connectivity index (χ0n) is 33.6. The van der Waals surface area contributed by atoms with E-state index >= 15 is 0 Å². The van der Waals surface area contributed by atoms with E-state index in [2.05, 4.69) is 29.1 Å². The smallest absolute Gasteiger partial charge is 0.411 e. The second kappa shape index (κ2) is 25.4. The summed E-state index contributed by atoms with van der Waals surface area (Å²) in [4.78, 5) is 71.1. The van der Waals surface area contributed by atoms with E-state index in [1.54, 1.807) is 12.1 Å². The van der Waals surface area contributed by atoms with Crippen LogP contribution in [0, 0.1) is 0 Å². The summed E-state index contributed by atoms with van der Waals surface area (Å²) in [6.07, 6.45) is 6.12. The zero-order chi connectivity index (χ0) is 43.0. The number of ether oxygens (including phenoxy) is 4. The van der Waals surface area contributed by atoms with Crippen LogP contribution >= 0.6 is 0 Å². The fourth-order valence-electron chi connectivity index (χ4n) is 5.81. The van der Waals surface area contributed by atoms with Crippen molar-refractivity contribution in [1.82, 2.24) is 5.32 Å². The van der Waals surface area contributed by atoms with E-state index in [0.29, 0.717) is 43.6 Å². The third kappa shape index (κ3) is 18.1. The molecule has 60 heavy (non-hydrogen) atoms. The lowest BCUT2D eigenvalue weighted by molar-refractivity contribution is -0.149. The van der Waals surface area contributed by atoms with Crippen LogP contribution in [0.15, 0.2) is 122 Å². The number of carbonyl (C=O) groups is 6. The second-order valence-corrected chi connectivity index (χ2v) is 13.7. The summed E-state index contributed by atoms with van der Waals surface area (Å²) < 4.78 is 19.6. The van der Waals surface area contributed by atoms with Crippen molar-refractivity contribution in [1.29, 1.82) is 0 Å². The minimum atomic E-state index is -0.656. The molecule has 0 aliphatic heterocycles. The van der Waals surface area contributed by atoms with Crippen molar-refractivity contribution in [2.75, 3.05) is 43.6 Å². The number of Topliss-reactive ketones (excluding diaryl/α,β-unsaturated/α-hetero) is 1. The SMILES string of the molecule is C=CC(=O)OCCOC(=O)Cc1ccc(Cc2ccc(CC(=O)CCCCCNC(=O)Nc3ccc(Cc4ccc(NC(=O)OCCOC(=O)C=C)cc4)cc3)cc2)cc1. The highest BCUT2D eigenvalue weighted by Crippen LogP contribution is 2.17. The monoisotopic (exact) mass is 817 g/mol. The molecule has 0 fully saturated rings. The second-order valence-electron chi connectivity index (χ2n) is 13.7. The van der Waals surface area contributed by atoms with Gasteiger partial charge in [0.15, 0.2) is 0 Å². The first-order valence-corrected chi connectivity index (χ1v) is 19.7. The maximum absolute atomic E-state index is 12.6. The molecule has 4 rings (SSSR count). The van der Waals surface area contributed by atoms with Gasteiger partial charge in [0.05, 0.1) is 6.42 Å². The van der Waals surface area contributed by atoms with Gasteiger partial charge in [-0.25, -0.2) is 19.2 Å². The van der Waals surface area contributed by atoms with Crippen LogP contribution < -0.4 is 16.0 Å². The first kappa shape index (κ1) is 45.7. The average molecular weight is 818 g/mol. The minimum absolute atomic E-state index is 0.00845. The van der Waals surface area contributed by atoms with Gasteiger partial charge in [0.25, 0.3) is 0 Å². The number of anilines is 2. The van der Waals surface area contributed by atoms with E-state index in [1.165, 1.54) is 0 Å². The highest BCUT2D eigenvalue weighted by atomic mass is 16.6. The van der Waals surface area contributed by atoms with E-state index < -0.39 is 24.0 Å². The fourth-order valence-corrected chi connectivity index (χ4v) is 5.81. The Bertz CT molecular complexity index is 1900. The molecule has 0 bridgehead atoms. The predicted molar refractivity (Wildman–Crippen MR) is 228 cm³/mol. The molecule has 3 amide bonds. The van der Waals surface area contributed by atoms with Crippen molar-refractivity contribution in [3.8, 4) is 0 Å². The summed E-state index contributed by atoms with van der Waals surface area (Å²) in [5.74, 6) is -1.37. The Morgan fingerprint density at radius 3 is 1.43 bits per heavy atom. The van der Waals surface area contributed by atoms with E-state index in [4.69, 9.17) is 18.9 Å². The number of amides is 3. The molecule has 0 atom stereocenters. The van der Waals surface area contributed by atoms with Crippen molar-refractivity contribution < 1.29 is 47.7 Å². The molecular weight excluding hydrogens is 767 g/mol. The molecule has 0 aromatic heterocycles. The fraction of sp³-hybridized carbons (Fsp3) is 0.277. The summed E-state index contributed by atoms with van der Waals surface area (Å²) in [5.41, 5.74) is 7.30. The largest absolute Gasteiger partial charge is 0.462 e. The van der Waals surface area contributed by atoms with Gasteiger partial charge < -0.3 is 29.6 Å². The molecule has 0 aliphatic rings. The van der Waals surface area contributed by atoms with Crippen molar-refractivity contribution >= 4 is 47.2 Å². The molecule has 0 saturated heterocycles.